The first-order valence-corrected chi connectivity index (χ1v) is 7.75. The highest BCUT2D eigenvalue weighted by Gasteiger charge is 2.21. The zero-order chi connectivity index (χ0) is 11.5. The Morgan fingerprint density at radius 1 is 1.18 bits per heavy atom. The third-order valence-corrected chi connectivity index (χ3v) is 5.20. The second kappa shape index (κ2) is 5.25. The van der Waals surface area contributed by atoms with Crippen LogP contribution in [0.25, 0.3) is 0 Å². The fraction of sp³-hybridized carbons (Fsp3) is 0.286. The van der Waals surface area contributed by atoms with Gasteiger partial charge in [0.2, 0.25) is 0 Å². The first kappa shape index (κ1) is 11.3. The van der Waals surface area contributed by atoms with Crippen molar-refractivity contribution in [2.45, 2.75) is 17.4 Å². The SMILES string of the molecule is c1csc(CNCC2CSc3ccccc32)c1. The molecule has 1 aromatic heterocycles. The number of hydrogen-bond acceptors (Lipinski definition) is 3. The van der Waals surface area contributed by atoms with Crippen LogP contribution in [0.1, 0.15) is 16.4 Å². The van der Waals surface area contributed by atoms with Gasteiger partial charge in [-0.3, -0.25) is 0 Å². The van der Waals surface area contributed by atoms with Gasteiger partial charge in [0, 0.05) is 34.5 Å². The van der Waals surface area contributed by atoms with Crippen molar-refractivity contribution in [2.24, 2.45) is 0 Å². The van der Waals surface area contributed by atoms with Gasteiger partial charge >= 0.3 is 0 Å². The van der Waals surface area contributed by atoms with Crippen LogP contribution in [0, 0.1) is 0 Å². The third-order valence-electron chi connectivity index (χ3n) is 3.07. The van der Waals surface area contributed by atoms with Gasteiger partial charge in [-0.1, -0.05) is 24.3 Å². The highest BCUT2D eigenvalue weighted by atomic mass is 32.2. The molecule has 1 nitrogen and oxygen atoms in total. The molecule has 0 saturated heterocycles. The molecule has 1 aliphatic rings. The van der Waals surface area contributed by atoms with Crippen LogP contribution in [0.5, 0.6) is 0 Å². The molecule has 1 aliphatic heterocycles. The van der Waals surface area contributed by atoms with Crippen molar-refractivity contribution in [2.75, 3.05) is 12.3 Å². The lowest BCUT2D eigenvalue weighted by Gasteiger charge is -2.11. The average Bonchev–Trinajstić information content (AvgIpc) is 2.99. The summed E-state index contributed by atoms with van der Waals surface area (Å²) in [5.74, 6) is 1.90. The molecular formula is C14H15NS2. The zero-order valence-corrected chi connectivity index (χ0v) is 11.2. The van der Waals surface area contributed by atoms with Gasteiger partial charge in [0.1, 0.15) is 0 Å². The Morgan fingerprint density at radius 2 is 2.12 bits per heavy atom. The Bertz CT molecular complexity index is 479. The van der Waals surface area contributed by atoms with Gasteiger partial charge in [0.05, 0.1) is 0 Å². The molecule has 0 spiro atoms. The smallest absolute Gasteiger partial charge is 0.0299 e. The zero-order valence-electron chi connectivity index (χ0n) is 9.56. The standard InChI is InChI=1S/C14H15NS2/c1-2-6-14-13(5-1)11(10-17-14)8-15-9-12-4-3-7-16-12/h1-7,11,15H,8-10H2. The molecule has 2 heterocycles. The summed E-state index contributed by atoms with van der Waals surface area (Å²) in [6.07, 6.45) is 0. The van der Waals surface area contributed by atoms with E-state index < -0.39 is 0 Å². The van der Waals surface area contributed by atoms with Crippen molar-refractivity contribution in [1.82, 2.24) is 5.32 Å². The van der Waals surface area contributed by atoms with Crippen molar-refractivity contribution >= 4 is 23.1 Å². The fourth-order valence-corrected chi connectivity index (χ4v) is 4.11. The first-order valence-electron chi connectivity index (χ1n) is 5.88. The molecule has 0 bridgehead atoms. The van der Waals surface area contributed by atoms with Crippen LogP contribution in [-0.2, 0) is 6.54 Å². The number of benzene rings is 1. The Morgan fingerprint density at radius 3 is 3.00 bits per heavy atom. The Balaban J connectivity index is 1.57. The summed E-state index contributed by atoms with van der Waals surface area (Å²) < 4.78 is 0. The lowest BCUT2D eigenvalue weighted by Crippen LogP contribution is -2.20. The third kappa shape index (κ3) is 2.57. The minimum absolute atomic E-state index is 0.677. The summed E-state index contributed by atoms with van der Waals surface area (Å²) in [5.41, 5.74) is 1.52. The molecule has 0 saturated carbocycles. The molecule has 0 radical (unpaired) electrons. The maximum absolute atomic E-state index is 3.57. The topological polar surface area (TPSA) is 12.0 Å². The average molecular weight is 261 g/mol. The van der Waals surface area contributed by atoms with Crippen molar-refractivity contribution in [3.63, 3.8) is 0 Å². The summed E-state index contributed by atoms with van der Waals surface area (Å²) >= 11 is 3.81. The number of rotatable bonds is 4. The second-order valence-corrected chi connectivity index (χ2v) is 6.35. The lowest BCUT2D eigenvalue weighted by molar-refractivity contribution is 0.625. The predicted octanol–water partition coefficient (Wildman–Crippen LogP) is 3.73. The molecule has 0 aliphatic carbocycles. The van der Waals surface area contributed by atoms with E-state index >= 15 is 0 Å². The molecule has 3 heteroatoms. The highest BCUT2D eigenvalue weighted by Crippen LogP contribution is 2.38. The molecule has 2 aromatic rings. The van der Waals surface area contributed by atoms with Crippen LogP contribution in [0.3, 0.4) is 0 Å². The van der Waals surface area contributed by atoms with Crippen molar-refractivity contribution < 1.29 is 0 Å². The molecule has 1 N–H and O–H groups in total. The number of nitrogens with one attached hydrogen (secondary N) is 1. The van der Waals surface area contributed by atoms with E-state index in [4.69, 9.17) is 0 Å². The van der Waals surface area contributed by atoms with E-state index in [-0.39, 0.29) is 0 Å². The van der Waals surface area contributed by atoms with Crippen LogP contribution in [0.15, 0.2) is 46.7 Å². The van der Waals surface area contributed by atoms with E-state index in [0.717, 1.165) is 13.1 Å². The van der Waals surface area contributed by atoms with Crippen molar-refractivity contribution in [3.8, 4) is 0 Å². The molecule has 17 heavy (non-hydrogen) atoms. The molecule has 3 rings (SSSR count). The van der Waals surface area contributed by atoms with Crippen LogP contribution < -0.4 is 5.32 Å². The minimum atomic E-state index is 0.677. The normalized spacial score (nSPS) is 18.2. The molecular weight excluding hydrogens is 246 g/mol. The van der Waals surface area contributed by atoms with Gasteiger partial charge in [0.25, 0.3) is 0 Å². The Hall–Kier alpha value is -0.770. The van der Waals surface area contributed by atoms with E-state index in [1.165, 1.54) is 21.1 Å². The van der Waals surface area contributed by atoms with Gasteiger partial charge in [-0.2, -0.15) is 0 Å². The van der Waals surface area contributed by atoms with E-state index in [0.29, 0.717) is 5.92 Å². The molecule has 0 amide bonds. The highest BCUT2D eigenvalue weighted by molar-refractivity contribution is 7.99. The summed E-state index contributed by atoms with van der Waals surface area (Å²) in [7, 11) is 0. The van der Waals surface area contributed by atoms with E-state index in [2.05, 4.69) is 47.1 Å². The van der Waals surface area contributed by atoms with Gasteiger partial charge in [-0.25, -0.2) is 0 Å². The van der Waals surface area contributed by atoms with E-state index in [9.17, 15) is 0 Å². The molecule has 88 valence electrons. The van der Waals surface area contributed by atoms with Crippen molar-refractivity contribution in [3.05, 3.63) is 52.2 Å². The maximum atomic E-state index is 3.57. The maximum Gasteiger partial charge on any atom is 0.0299 e. The van der Waals surface area contributed by atoms with Crippen LogP contribution in [0.2, 0.25) is 0 Å². The van der Waals surface area contributed by atoms with Crippen LogP contribution >= 0.6 is 23.1 Å². The van der Waals surface area contributed by atoms with Crippen LogP contribution in [-0.4, -0.2) is 12.3 Å². The lowest BCUT2D eigenvalue weighted by atomic mass is 10.0. The Kier molecular flexibility index (Phi) is 3.50. The number of fused-ring (bicyclic) bond motifs is 1. The van der Waals surface area contributed by atoms with Gasteiger partial charge in [-0.15, -0.1) is 23.1 Å². The first-order chi connectivity index (χ1) is 8.43. The number of hydrogen-bond donors (Lipinski definition) is 1. The minimum Gasteiger partial charge on any atom is -0.311 e. The molecule has 1 aromatic carbocycles. The number of thiophene rings is 1. The summed E-state index contributed by atoms with van der Waals surface area (Å²) in [5, 5.41) is 5.70. The molecule has 0 fully saturated rings. The van der Waals surface area contributed by atoms with Gasteiger partial charge in [0.15, 0.2) is 0 Å². The van der Waals surface area contributed by atoms with Gasteiger partial charge < -0.3 is 5.32 Å². The summed E-state index contributed by atoms with van der Waals surface area (Å²) in [6, 6.07) is 13.1. The Labute approximate surface area is 110 Å². The largest absolute Gasteiger partial charge is 0.311 e. The second-order valence-electron chi connectivity index (χ2n) is 4.26. The van der Waals surface area contributed by atoms with Gasteiger partial charge in [-0.05, 0) is 23.1 Å². The number of thioether (sulfide) groups is 1. The van der Waals surface area contributed by atoms with Crippen molar-refractivity contribution in [1.29, 1.82) is 0 Å². The summed E-state index contributed by atoms with van der Waals surface area (Å²) in [6.45, 7) is 2.09. The monoisotopic (exact) mass is 261 g/mol. The van der Waals surface area contributed by atoms with E-state index in [1.807, 2.05) is 23.1 Å². The van der Waals surface area contributed by atoms with Crippen LogP contribution in [0.4, 0.5) is 0 Å². The van der Waals surface area contributed by atoms with E-state index in [1.54, 1.807) is 0 Å². The molecule has 1 atom stereocenters. The fourth-order valence-electron chi connectivity index (χ4n) is 2.18. The summed E-state index contributed by atoms with van der Waals surface area (Å²) in [4.78, 5) is 2.89. The molecule has 1 unspecified atom stereocenters. The quantitative estimate of drug-likeness (QED) is 0.900. The predicted molar refractivity (Wildman–Crippen MR) is 75.9 cm³/mol.